The van der Waals surface area contributed by atoms with E-state index in [4.69, 9.17) is 8.92 Å². The molecule has 1 aromatic heterocycles. The van der Waals surface area contributed by atoms with Crippen molar-refractivity contribution >= 4 is 46.7 Å². The Hall–Kier alpha value is -2.99. The van der Waals surface area contributed by atoms with Gasteiger partial charge in [-0.15, -0.1) is 0 Å². The highest BCUT2D eigenvalue weighted by atomic mass is 32.2. The number of anilines is 1. The molecular weight excluding hydrogens is 583 g/mol. The molecule has 1 aliphatic carbocycles. The molecule has 3 amide bonds. The number of ether oxygens (including phenoxy) is 1. The second-order valence-electron chi connectivity index (χ2n) is 13.0. The van der Waals surface area contributed by atoms with Crippen molar-refractivity contribution in [1.82, 2.24) is 9.47 Å². The average Bonchev–Trinajstić information content (AvgIpc) is 3.40. The molecule has 43 heavy (non-hydrogen) atoms. The molecule has 5 rings (SSSR count). The first kappa shape index (κ1) is 31.4. The molecule has 0 radical (unpaired) electrons. The number of nitrogens with zero attached hydrogens (tertiary/aromatic N) is 3. The predicted octanol–water partition coefficient (Wildman–Crippen LogP) is 6.56. The maximum absolute atomic E-state index is 13.5. The van der Waals surface area contributed by atoms with Gasteiger partial charge in [-0.05, 0) is 74.9 Å². The van der Waals surface area contributed by atoms with Gasteiger partial charge in [-0.3, -0.25) is 13.9 Å². The molecule has 232 valence electrons. The summed E-state index contributed by atoms with van der Waals surface area (Å²) in [7, 11) is -5.04. The van der Waals surface area contributed by atoms with Crippen LogP contribution in [0.25, 0.3) is 10.9 Å². The highest BCUT2D eigenvalue weighted by Gasteiger charge is 2.34. The average molecular weight is 626 g/mol. The van der Waals surface area contributed by atoms with Crippen LogP contribution in [0.4, 0.5) is 10.5 Å². The minimum absolute atomic E-state index is 0.0189. The van der Waals surface area contributed by atoms with Gasteiger partial charge in [0, 0.05) is 45.3 Å². The molecular formula is C32H43N3O6SSi. The summed E-state index contributed by atoms with van der Waals surface area (Å²) in [6, 6.07) is 15.6. The van der Waals surface area contributed by atoms with E-state index < -0.39 is 18.2 Å². The molecule has 11 heteroatoms. The molecule has 0 atom stereocenters. The van der Waals surface area contributed by atoms with E-state index in [-0.39, 0.29) is 48.6 Å². The van der Waals surface area contributed by atoms with Gasteiger partial charge in [-0.25, -0.2) is 9.69 Å². The number of amides is 3. The highest BCUT2D eigenvalue weighted by molar-refractivity contribution is 7.86. The van der Waals surface area contributed by atoms with Crippen LogP contribution in [-0.4, -0.2) is 64.4 Å². The lowest BCUT2D eigenvalue weighted by Gasteiger charge is -2.34. The van der Waals surface area contributed by atoms with Crippen molar-refractivity contribution in [3.63, 3.8) is 0 Å². The van der Waals surface area contributed by atoms with Crippen LogP contribution in [0.5, 0.6) is 0 Å². The first-order valence-corrected chi connectivity index (χ1v) is 20.3. The fraction of sp³-hybridized carbons (Fsp3) is 0.500. The number of carbonyl (C=O) groups excluding carboxylic acids is 2. The lowest BCUT2D eigenvalue weighted by Crippen LogP contribution is -2.53. The van der Waals surface area contributed by atoms with Gasteiger partial charge in [-0.1, -0.05) is 43.4 Å². The van der Waals surface area contributed by atoms with E-state index in [0.717, 1.165) is 53.9 Å². The van der Waals surface area contributed by atoms with Gasteiger partial charge in [0.15, 0.2) is 0 Å². The lowest BCUT2D eigenvalue weighted by molar-refractivity contribution is -0.133. The van der Waals surface area contributed by atoms with Crippen LogP contribution in [0.3, 0.4) is 0 Å². The zero-order chi connectivity index (χ0) is 30.8. The largest absolute Gasteiger partial charge is 0.361 e. The maximum Gasteiger partial charge on any atom is 0.333 e. The van der Waals surface area contributed by atoms with Crippen LogP contribution in [0.1, 0.15) is 43.7 Å². The summed E-state index contributed by atoms with van der Waals surface area (Å²) >= 11 is 0. The topological polar surface area (TPSA) is 98.2 Å². The van der Waals surface area contributed by atoms with Crippen molar-refractivity contribution in [2.24, 2.45) is 5.92 Å². The van der Waals surface area contributed by atoms with E-state index in [1.165, 1.54) is 4.90 Å². The Labute approximate surface area is 255 Å². The van der Waals surface area contributed by atoms with E-state index in [1.807, 2.05) is 25.1 Å². The Morgan fingerprint density at radius 1 is 0.953 bits per heavy atom. The third-order valence-electron chi connectivity index (χ3n) is 8.54. The zero-order valence-corrected chi connectivity index (χ0v) is 27.4. The number of hydrogen-bond acceptors (Lipinski definition) is 6. The quantitative estimate of drug-likeness (QED) is 0.136. The Bertz CT molecular complexity index is 1560. The van der Waals surface area contributed by atoms with E-state index in [1.54, 1.807) is 29.2 Å². The van der Waals surface area contributed by atoms with E-state index in [2.05, 4.69) is 36.5 Å². The molecule has 0 spiro atoms. The number of fused-ring (bicyclic) bond motifs is 1. The van der Waals surface area contributed by atoms with Gasteiger partial charge in [0.25, 0.3) is 10.1 Å². The summed E-state index contributed by atoms with van der Waals surface area (Å²) in [6.07, 6.45) is 5.89. The van der Waals surface area contributed by atoms with Gasteiger partial charge in [0.2, 0.25) is 5.91 Å². The fourth-order valence-electron chi connectivity index (χ4n) is 5.85. The monoisotopic (exact) mass is 625 g/mol. The van der Waals surface area contributed by atoms with Crippen LogP contribution >= 0.6 is 0 Å². The summed E-state index contributed by atoms with van der Waals surface area (Å²) in [5, 5.41) is 0.972. The second-order valence-corrected chi connectivity index (χ2v) is 20.2. The normalized spacial score (nSPS) is 20.3. The molecule has 2 heterocycles. The Morgan fingerprint density at radius 2 is 1.67 bits per heavy atom. The molecule has 2 aromatic carbocycles. The number of urea groups is 1. The van der Waals surface area contributed by atoms with Crippen LogP contribution in [0.2, 0.25) is 25.7 Å². The van der Waals surface area contributed by atoms with Crippen LogP contribution in [0, 0.1) is 12.8 Å². The lowest BCUT2D eigenvalue weighted by atomic mass is 9.86. The van der Waals surface area contributed by atoms with Crippen molar-refractivity contribution in [2.45, 2.75) is 75.7 Å². The Morgan fingerprint density at radius 3 is 2.37 bits per heavy atom. The van der Waals surface area contributed by atoms with E-state index in [0.29, 0.717) is 13.2 Å². The highest BCUT2D eigenvalue weighted by Crippen LogP contribution is 2.38. The minimum Gasteiger partial charge on any atom is -0.361 e. The molecule has 9 nitrogen and oxygen atoms in total. The summed E-state index contributed by atoms with van der Waals surface area (Å²) < 4.78 is 38.7. The molecule has 2 aliphatic rings. The third kappa shape index (κ3) is 7.39. The molecule has 1 aliphatic heterocycles. The Balaban J connectivity index is 1.21. The van der Waals surface area contributed by atoms with Crippen LogP contribution in [-0.2, 0) is 23.8 Å². The van der Waals surface area contributed by atoms with Gasteiger partial charge in [0.05, 0.1) is 22.7 Å². The number of rotatable bonds is 11. The number of hydrogen-bond donors (Lipinski definition) is 0. The summed E-state index contributed by atoms with van der Waals surface area (Å²) in [4.78, 5) is 29.2. The van der Waals surface area contributed by atoms with Gasteiger partial charge >= 0.3 is 6.03 Å². The second kappa shape index (κ2) is 12.9. The third-order valence-corrected chi connectivity index (χ3v) is 11.5. The number of carbonyl (C=O) groups is 2. The number of aryl methyl sites for hydroxylation is 1. The summed E-state index contributed by atoms with van der Waals surface area (Å²) in [5.74, 6) is -0.0253. The van der Waals surface area contributed by atoms with Crippen molar-refractivity contribution in [3.05, 3.63) is 60.3 Å². The van der Waals surface area contributed by atoms with Crippen LogP contribution < -0.4 is 4.90 Å². The number of aromatic nitrogens is 1. The zero-order valence-electron chi connectivity index (χ0n) is 25.6. The molecule has 0 N–H and O–H groups in total. The maximum atomic E-state index is 13.5. The molecule has 1 saturated heterocycles. The fourth-order valence-corrected chi connectivity index (χ4v) is 7.58. The van der Waals surface area contributed by atoms with Crippen LogP contribution in [0.15, 0.2) is 59.6 Å². The van der Waals surface area contributed by atoms with Gasteiger partial charge in [-0.2, -0.15) is 8.42 Å². The van der Waals surface area contributed by atoms with E-state index in [9.17, 15) is 18.0 Å². The molecule has 1 saturated carbocycles. The SMILES string of the molecule is Cc1ccc(S(=O)(=O)OCC2CCC(n3ccc4c(N5CCC(=O)N(COCC[Si](C)(C)C)C5=O)cccc43)CC2)cc1. The first-order chi connectivity index (χ1) is 20.4. The number of imide groups is 1. The van der Waals surface area contributed by atoms with E-state index >= 15 is 0 Å². The van der Waals surface area contributed by atoms with Gasteiger partial charge < -0.3 is 9.30 Å². The van der Waals surface area contributed by atoms with Crippen molar-refractivity contribution in [3.8, 4) is 0 Å². The standard InChI is InChI=1S/C32H43N3O6SSi/c1-24-8-14-27(15-9-24)42(38,39)41-22-25-10-12-26(13-11-25)33-18-16-28-29(33)6-5-7-30(28)34-19-17-31(36)35(32(34)37)23-40-20-21-43(2,3)4/h5-9,14-16,18,25-26H,10-13,17,19-23H2,1-4H3. The first-order valence-electron chi connectivity index (χ1n) is 15.2. The van der Waals surface area contributed by atoms with Crippen molar-refractivity contribution < 1.29 is 26.9 Å². The summed E-state index contributed by atoms with van der Waals surface area (Å²) in [5.41, 5.74) is 2.84. The molecule has 0 bridgehead atoms. The van der Waals surface area contributed by atoms with Crippen molar-refractivity contribution in [1.29, 1.82) is 0 Å². The minimum atomic E-state index is -3.77. The summed E-state index contributed by atoms with van der Waals surface area (Å²) in [6.45, 7) is 9.77. The smallest absolute Gasteiger partial charge is 0.333 e. The number of benzene rings is 2. The predicted molar refractivity (Wildman–Crippen MR) is 170 cm³/mol. The molecule has 3 aromatic rings. The van der Waals surface area contributed by atoms with Crippen molar-refractivity contribution in [2.75, 3.05) is 31.4 Å². The molecule has 2 fully saturated rings. The molecule has 0 unspecified atom stereocenters. The Kier molecular flexibility index (Phi) is 9.45. The van der Waals surface area contributed by atoms with Gasteiger partial charge in [0.1, 0.15) is 6.73 Å².